The summed E-state index contributed by atoms with van der Waals surface area (Å²) in [7, 11) is 0. The first-order chi connectivity index (χ1) is 14.4. The molecule has 5 nitrogen and oxygen atoms in total. The minimum atomic E-state index is -0.0920. The number of nitrogens with zero attached hydrogens (tertiary/aromatic N) is 3. The first-order valence-electron chi connectivity index (χ1n) is 10.4. The van der Waals surface area contributed by atoms with Crippen LogP contribution in [0.25, 0.3) is 11.0 Å². The van der Waals surface area contributed by atoms with Gasteiger partial charge in [-0.05, 0) is 57.5 Å². The van der Waals surface area contributed by atoms with Crippen LogP contribution < -0.4 is 5.32 Å². The van der Waals surface area contributed by atoms with E-state index in [0.717, 1.165) is 42.8 Å². The van der Waals surface area contributed by atoms with Gasteiger partial charge in [-0.15, -0.1) is 0 Å². The van der Waals surface area contributed by atoms with E-state index < -0.39 is 0 Å². The van der Waals surface area contributed by atoms with Gasteiger partial charge in [-0.1, -0.05) is 41.4 Å². The number of para-hydroxylation sites is 2. The summed E-state index contributed by atoms with van der Waals surface area (Å²) in [4.78, 5) is 20.1. The molecule has 0 saturated carbocycles. The molecule has 7 heteroatoms. The zero-order valence-corrected chi connectivity index (χ0v) is 18.7. The number of hydrogen-bond acceptors (Lipinski definition) is 3. The predicted octanol–water partition coefficient (Wildman–Crippen LogP) is 5.77. The van der Waals surface area contributed by atoms with Gasteiger partial charge in [0.15, 0.2) is 0 Å². The fourth-order valence-corrected chi connectivity index (χ4v) is 4.58. The van der Waals surface area contributed by atoms with Crippen LogP contribution in [0.3, 0.4) is 0 Å². The predicted molar refractivity (Wildman–Crippen MR) is 123 cm³/mol. The van der Waals surface area contributed by atoms with Crippen molar-refractivity contribution < 1.29 is 4.79 Å². The van der Waals surface area contributed by atoms with Crippen LogP contribution >= 0.6 is 23.2 Å². The van der Waals surface area contributed by atoms with Crippen molar-refractivity contribution in [1.29, 1.82) is 0 Å². The third-order valence-electron chi connectivity index (χ3n) is 5.64. The molecule has 0 spiro atoms. The Labute approximate surface area is 187 Å². The molecule has 1 aliphatic rings. The largest absolute Gasteiger partial charge is 0.324 e. The van der Waals surface area contributed by atoms with Crippen LogP contribution in [0.2, 0.25) is 10.0 Å². The number of rotatable bonds is 5. The van der Waals surface area contributed by atoms with E-state index in [2.05, 4.69) is 46.8 Å². The summed E-state index contributed by atoms with van der Waals surface area (Å²) in [6, 6.07) is 13.8. The summed E-state index contributed by atoms with van der Waals surface area (Å²) >= 11 is 12.3. The highest BCUT2D eigenvalue weighted by Crippen LogP contribution is 2.31. The lowest BCUT2D eigenvalue weighted by Crippen LogP contribution is -2.40. The molecular weight excluding hydrogens is 419 g/mol. The van der Waals surface area contributed by atoms with Gasteiger partial charge in [0.05, 0.1) is 39.2 Å². The SMILES string of the molecule is CC(C)n1c(CN2CCC[C@@H](C(=O)Nc3cccc(Cl)c3Cl)C2)nc2ccccc21. The molecule has 158 valence electrons. The van der Waals surface area contributed by atoms with Crippen LogP contribution in [0.4, 0.5) is 5.69 Å². The van der Waals surface area contributed by atoms with Crippen LogP contribution in [-0.2, 0) is 11.3 Å². The number of aromatic nitrogens is 2. The quantitative estimate of drug-likeness (QED) is 0.542. The molecule has 1 fully saturated rings. The number of anilines is 1. The molecule has 0 radical (unpaired) electrons. The minimum absolute atomic E-state index is 0.0128. The van der Waals surface area contributed by atoms with E-state index >= 15 is 0 Å². The van der Waals surface area contributed by atoms with Crippen molar-refractivity contribution in [3.63, 3.8) is 0 Å². The van der Waals surface area contributed by atoms with Crippen molar-refractivity contribution >= 4 is 45.8 Å². The first-order valence-corrected chi connectivity index (χ1v) is 11.1. The van der Waals surface area contributed by atoms with Gasteiger partial charge in [0.1, 0.15) is 5.82 Å². The lowest BCUT2D eigenvalue weighted by molar-refractivity contribution is -0.121. The molecule has 1 N–H and O–H groups in total. The Morgan fingerprint density at radius 1 is 1.20 bits per heavy atom. The maximum Gasteiger partial charge on any atom is 0.228 e. The number of halogens is 2. The Bertz CT molecular complexity index is 1060. The molecule has 1 aliphatic heterocycles. The van der Waals surface area contributed by atoms with E-state index in [4.69, 9.17) is 28.2 Å². The van der Waals surface area contributed by atoms with Gasteiger partial charge in [0, 0.05) is 12.6 Å². The lowest BCUT2D eigenvalue weighted by atomic mass is 9.97. The molecule has 0 bridgehead atoms. The Hall–Kier alpha value is -2.08. The Kier molecular flexibility index (Phi) is 6.32. The molecule has 0 unspecified atom stereocenters. The molecular formula is C23H26Cl2N4O. The van der Waals surface area contributed by atoms with Gasteiger partial charge >= 0.3 is 0 Å². The number of hydrogen-bond donors (Lipinski definition) is 1. The maximum absolute atomic E-state index is 12.9. The fraction of sp³-hybridized carbons (Fsp3) is 0.391. The molecule has 2 aromatic carbocycles. The molecule has 0 aliphatic carbocycles. The maximum atomic E-state index is 12.9. The van der Waals surface area contributed by atoms with E-state index in [1.165, 1.54) is 0 Å². The highest BCUT2D eigenvalue weighted by Gasteiger charge is 2.27. The second-order valence-electron chi connectivity index (χ2n) is 8.15. The number of imidazole rings is 1. The van der Waals surface area contributed by atoms with E-state index in [1.54, 1.807) is 18.2 Å². The molecule has 2 heterocycles. The van der Waals surface area contributed by atoms with Gasteiger partial charge in [-0.3, -0.25) is 9.69 Å². The number of likely N-dealkylation sites (tertiary alicyclic amines) is 1. The summed E-state index contributed by atoms with van der Waals surface area (Å²) in [6.45, 7) is 6.75. The summed E-state index contributed by atoms with van der Waals surface area (Å²) in [5, 5.41) is 3.77. The highest BCUT2D eigenvalue weighted by atomic mass is 35.5. The van der Waals surface area contributed by atoms with Crippen molar-refractivity contribution in [3.8, 4) is 0 Å². The lowest BCUT2D eigenvalue weighted by Gasteiger charge is -2.32. The Morgan fingerprint density at radius 3 is 2.80 bits per heavy atom. The monoisotopic (exact) mass is 444 g/mol. The van der Waals surface area contributed by atoms with Crippen molar-refractivity contribution in [2.75, 3.05) is 18.4 Å². The molecule has 3 aromatic rings. The third kappa shape index (κ3) is 4.34. The van der Waals surface area contributed by atoms with E-state index in [0.29, 0.717) is 28.3 Å². The molecule has 1 aromatic heterocycles. The van der Waals surface area contributed by atoms with Crippen LogP contribution in [0.5, 0.6) is 0 Å². The van der Waals surface area contributed by atoms with Crippen molar-refractivity contribution in [1.82, 2.24) is 14.5 Å². The summed E-state index contributed by atoms with van der Waals surface area (Å²) in [5.41, 5.74) is 2.74. The van der Waals surface area contributed by atoms with Crippen molar-refractivity contribution in [2.24, 2.45) is 5.92 Å². The highest BCUT2D eigenvalue weighted by molar-refractivity contribution is 6.44. The number of carbonyl (C=O) groups is 1. The molecule has 1 atom stereocenters. The second-order valence-corrected chi connectivity index (χ2v) is 8.93. The summed E-state index contributed by atoms with van der Waals surface area (Å²) in [6.07, 6.45) is 1.84. The van der Waals surface area contributed by atoms with Gasteiger partial charge in [0.25, 0.3) is 0 Å². The molecule has 1 saturated heterocycles. The molecule has 4 rings (SSSR count). The number of amides is 1. The van der Waals surface area contributed by atoms with Gasteiger partial charge in [-0.25, -0.2) is 4.98 Å². The molecule has 30 heavy (non-hydrogen) atoms. The minimum Gasteiger partial charge on any atom is -0.324 e. The third-order valence-corrected chi connectivity index (χ3v) is 6.45. The zero-order valence-electron chi connectivity index (χ0n) is 17.2. The van der Waals surface area contributed by atoms with Crippen LogP contribution in [0, 0.1) is 5.92 Å². The number of fused-ring (bicyclic) bond motifs is 1. The van der Waals surface area contributed by atoms with Gasteiger partial charge in [-0.2, -0.15) is 0 Å². The zero-order chi connectivity index (χ0) is 21.3. The average molecular weight is 445 g/mol. The topological polar surface area (TPSA) is 50.2 Å². The summed E-state index contributed by atoms with van der Waals surface area (Å²) < 4.78 is 2.30. The summed E-state index contributed by atoms with van der Waals surface area (Å²) in [5.74, 6) is 0.942. The number of nitrogens with one attached hydrogen (secondary N) is 1. The fourth-order valence-electron chi connectivity index (χ4n) is 4.23. The number of carbonyl (C=O) groups excluding carboxylic acids is 1. The average Bonchev–Trinajstić information content (AvgIpc) is 3.09. The number of piperidine rings is 1. The Morgan fingerprint density at radius 2 is 2.00 bits per heavy atom. The smallest absolute Gasteiger partial charge is 0.228 e. The van der Waals surface area contributed by atoms with E-state index in [9.17, 15) is 4.79 Å². The van der Waals surface area contributed by atoms with Crippen molar-refractivity contribution in [2.45, 2.75) is 39.3 Å². The molecule has 1 amide bonds. The van der Waals surface area contributed by atoms with Gasteiger partial charge < -0.3 is 9.88 Å². The van der Waals surface area contributed by atoms with Crippen LogP contribution in [0.1, 0.15) is 38.6 Å². The second kappa shape index (κ2) is 8.96. The van der Waals surface area contributed by atoms with E-state index in [-0.39, 0.29) is 11.8 Å². The standard InChI is InChI=1S/C23H26Cl2N4O/c1-15(2)29-20-11-4-3-9-18(20)26-21(29)14-28-12-6-7-16(13-28)23(30)27-19-10-5-8-17(24)22(19)25/h3-5,8-11,15-16H,6-7,12-14H2,1-2H3,(H,27,30)/t16-/m1/s1. The van der Waals surface area contributed by atoms with Crippen LogP contribution in [-0.4, -0.2) is 33.4 Å². The van der Waals surface area contributed by atoms with E-state index in [1.807, 2.05) is 6.07 Å². The van der Waals surface area contributed by atoms with Crippen LogP contribution in [0.15, 0.2) is 42.5 Å². The Balaban J connectivity index is 1.48. The first kappa shape index (κ1) is 21.2. The number of benzene rings is 2. The van der Waals surface area contributed by atoms with Gasteiger partial charge in [0.2, 0.25) is 5.91 Å². The van der Waals surface area contributed by atoms with Crippen molar-refractivity contribution in [3.05, 3.63) is 58.3 Å². The normalized spacial score (nSPS) is 17.6.